The first kappa shape index (κ1) is 11.8. The predicted molar refractivity (Wildman–Crippen MR) is 62.2 cm³/mol. The average molecular weight is 254 g/mol. The van der Waals surface area contributed by atoms with Crippen LogP contribution < -0.4 is 5.56 Å². The molecule has 1 N–H and O–H groups in total. The Kier molecular flexibility index (Phi) is 3.53. The largest absolute Gasteiger partial charge is 0.288 e. The van der Waals surface area contributed by atoms with Crippen molar-refractivity contribution in [1.82, 2.24) is 10.2 Å². The van der Waals surface area contributed by atoms with Crippen molar-refractivity contribution in [2.45, 2.75) is 10.7 Å². The second kappa shape index (κ2) is 5.09. The quantitative estimate of drug-likeness (QED) is 0.857. The minimum atomic E-state index is -2.43. The van der Waals surface area contributed by atoms with E-state index in [0.29, 0.717) is 22.2 Å². The SMILES string of the molecule is O=c1cc(-c2ccc(SC(F)F)cc2)cn[nH]1. The van der Waals surface area contributed by atoms with Crippen LogP contribution in [0.5, 0.6) is 0 Å². The van der Waals surface area contributed by atoms with Crippen molar-refractivity contribution in [1.29, 1.82) is 0 Å². The molecule has 0 unspecified atom stereocenters. The summed E-state index contributed by atoms with van der Waals surface area (Å²) in [4.78, 5) is 11.5. The number of nitrogens with zero attached hydrogens (tertiary/aromatic N) is 1. The first-order valence-corrected chi connectivity index (χ1v) is 5.63. The van der Waals surface area contributed by atoms with Crippen molar-refractivity contribution in [3.63, 3.8) is 0 Å². The molecule has 0 fully saturated rings. The Bertz CT molecular complexity index is 554. The maximum absolute atomic E-state index is 12.1. The molecular weight excluding hydrogens is 246 g/mol. The Labute approximate surface area is 99.9 Å². The summed E-state index contributed by atoms with van der Waals surface area (Å²) in [5.74, 6) is -2.43. The van der Waals surface area contributed by atoms with Crippen molar-refractivity contribution in [3.05, 3.63) is 46.9 Å². The molecule has 3 nitrogen and oxygen atoms in total. The van der Waals surface area contributed by atoms with Crippen LogP contribution >= 0.6 is 11.8 Å². The maximum atomic E-state index is 12.1. The number of halogens is 2. The molecule has 17 heavy (non-hydrogen) atoms. The molecule has 0 radical (unpaired) electrons. The van der Waals surface area contributed by atoms with Gasteiger partial charge in [-0.15, -0.1) is 0 Å². The van der Waals surface area contributed by atoms with Crippen molar-refractivity contribution in [2.24, 2.45) is 0 Å². The van der Waals surface area contributed by atoms with Gasteiger partial charge in [-0.1, -0.05) is 23.9 Å². The Morgan fingerprint density at radius 1 is 1.18 bits per heavy atom. The topological polar surface area (TPSA) is 45.8 Å². The normalized spacial score (nSPS) is 10.8. The number of H-pyrrole nitrogens is 1. The van der Waals surface area contributed by atoms with Gasteiger partial charge in [0.2, 0.25) is 0 Å². The molecule has 1 aromatic carbocycles. The second-order valence-electron chi connectivity index (χ2n) is 3.24. The van der Waals surface area contributed by atoms with Gasteiger partial charge in [-0.05, 0) is 17.7 Å². The first-order valence-electron chi connectivity index (χ1n) is 4.75. The zero-order chi connectivity index (χ0) is 12.3. The Balaban J connectivity index is 2.26. The van der Waals surface area contributed by atoms with Gasteiger partial charge in [-0.3, -0.25) is 4.79 Å². The standard InChI is InChI=1S/C11H8F2N2OS/c12-11(13)17-9-3-1-7(2-4-9)8-5-10(16)15-14-6-8/h1-6,11H,(H,15,16). The van der Waals surface area contributed by atoms with E-state index >= 15 is 0 Å². The van der Waals surface area contributed by atoms with E-state index in [1.165, 1.54) is 12.3 Å². The molecule has 88 valence electrons. The molecule has 2 rings (SSSR count). The summed E-state index contributed by atoms with van der Waals surface area (Å²) in [5.41, 5.74) is 1.12. The number of benzene rings is 1. The summed E-state index contributed by atoms with van der Waals surface area (Å²) in [6, 6.07) is 7.95. The van der Waals surface area contributed by atoms with E-state index in [1.54, 1.807) is 24.3 Å². The molecule has 1 heterocycles. The van der Waals surface area contributed by atoms with Crippen LogP contribution in [-0.2, 0) is 0 Å². The first-order chi connectivity index (χ1) is 8.15. The molecule has 0 spiro atoms. The highest BCUT2D eigenvalue weighted by Gasteiger charge is 2.05. The Morgan fingerprint density at radius 3 is 2.47 bits per heavy atom. The van der Waals surface area contributed by atoms with Crippen LogP contribution in [0, 0.1) is 0 Å². The highest BCUT2D eigenvalue weighted by atomic mass is 32.2. The minimum absolute atomic E-state index is 0.298. The third-order valence-electron chi connectivity index (χ3n) is 2.08. The van der Waals surface area contributed by atoms with Gasteiger partial charge >= 0.3 is 0 Å². The van der Waals surface area contributed by atoms with Gasteiger partial charge in [0.15, 0.2) is 0 Å². The molecule has 1 aromatic heterocycles. The molecule has 0 atom stereocenters. The predicted octanol–water partition coefficient (Wildman–Crippen LogP) is 2.75. The number of thioether (sulfide) groups is 1. The van der Waals surface area contributed by atoms with Crippen molar-refractivity contribution in [2.75, 3.05) is 0 Å². The molecule has 2 aromatic rings. The summed E-state index contributed by atoms with van der Waals surface area (Å²) < 4.78 is 24.2. The zero-order valence-corrected chi connectivity index (χ0v) is 9.38. The lowest BCUT2D eigenvalue weighted by molar-refractivity contribution is 0.252. The second-order valence-corrected chi connectivity index (χ2v) is 4.30. The van der Waals surface area contributed by atoms with Gasteiger partial charge < -0.3 is 0 Å². The average Bonchev–Trinajstić information content (AvgIpc) is 2.29. The van der Waals surface area contributed by atoms with Crippen molar-refractivity contribution in [3.8, 4) is 11.1 Å². The van der Waals surface area contributed by atoms with Crippen LogP contribution in [-0.4, -0.2) is 16.0 Å². The molecule has 0 bridgehead atoms. The van der Waals surface area contributed by atoms with Gasteiger partial charge in [-0.25, -0.2) is 5.10 Å². The van der Waals surface area contributed by atoms with Crippen LogP contribution in [0.25, 0.3) is 11.1 Å². The summed E-state index contributed by atoms with van der Waals surface area (Å²) in [6.07, 6.45) is 1.51. The summed E-state index contributed by atoms with van der Waals surface area (Å²) in [5, 5.41) is 5.94. The van der Waals surface area contributed by atoms with Gasteiger partial charge in [0.05, 0.1) is 6.20 Å². The number of alkyl halides is 2. The zero-order valence-electron chi connectivity index (χ0n) is 8.56. The van der Waals surface area contributed by atoms with Crippen LogP contribution in [0.2, 0.25) is 0 Å². The van der Waals surface area contributed by atoms with Crippen molar-refractivity contribution >= 4 is 11.8 Å². The lowest BCUT2D eigenvalue weighted by atomic mass is 10.1. The van der Waals surface area contributed by atoms with Crippen LogP contribution in [0.15, 0.2) is 46.2 Å². The van der Waals surface area contributed by atoms with Gasteiger partial charge in [0, 0.05) is 16.5 Å². The third kappa shape index (κ3) is 3.13. The molecule has 0 aliphatic rings. The fraction of sp³-hybridized carbons (Fsp3) is 0.0909. The Morgan fingerprint density at radius 2 is 1.88 bits per heavy atom. The van der Waals surface area contributed by atoms with E-state index in [4.69, 9.17) is 0 Å². The molecule has 0 amide bonds. The van der Waals surface area contributed by atoms with E-state index in [-0.39, 0.29) is 5.56 Å². The van der Waals surface area contributed by atoms with E-state index in [0.717, 1.165) is 5.56 Å². The third-order valence-corrected chi connectivity index (χ3v) is 2.80. The number of hydrogen-bond donors (Lipinski definition) is 1. The summed E-state index contributed by atoms with van der Waals surface area (Å²) in [6.45, 7) is 0. The number of hydrogen-bond acceptors (Lipinski definition) is 3. The van der Waals surface area contributed by atoms with E-state index < -0.39 is 5.76 Å². The van der Waals surface area contributed by atoms with E-state index in [9.17, 15) is 13.6 Å². The van der Waals surface area contributed by atoms with Crippen LogP contribution in [0.3, 0.4) is 0 Å². The number of rotatable bonds is 3. The molecule has 0 aliphatic carbocycles. The minimum Gasteiger partial charge on any atom is -0.268 e. The van der Waals surface area contributed by atoms with E-state index in [2.05, 4.69) is 10.2 Å². The molecule has 0 saturated carbocycles. The monoisotopic (exact) mass is 254 g/mol. The highest BCUT2D eigenvalue weighted by Crippen LogP contribution is 2.27. The van der Waals surface area contributed by atoms with Gasteiger partial charge in [-0.2, -0.15) is 13.9 Å². The lowest BCUT2D eigenvalue weighted by Crippen LogP contribution is -2.05. The van der Waals surface area contributed by atoms with E-state index in [1.807, 2.05) is 0 Å². The maximum Gasteiger partial charge on any atom is 0.288 e. The number of aromatic nitrogens is 2. The molecule has 0 saturated heterocycles. The summed E-state index contributed by atoms with van der Waals surface area (Å²) >= 11 is 0.489. The van der Waals surface area contributed by atoms with Gasteiger partial charge in [0.25, 0.3) is 11.3 Å². The number of nitrogens with one attached hydrogen (secondary N) is 1. The van der Waals surface area contributed by atoms with Crippen LogP contribution in [0.1, 0.15) is 0 Å². The van der Waals surface area contributed by atoms with Gasteiger partial charge in [0.1, 0.15) is 0 Å². The lowest BCUT2D eigenvalue weighted by Gasteiger charge is -2.02. The molecular formula is C11H8F2N2OS. The highest BCUT2D eigenvalue weighted by molar-refractivity contribution is 7.99. The summed E-state index contributed by atoms with van der Waals surface area (Å²) in [7, 11) is 0. The molecule has 6 heteroatoms. The Hall–Kier alpha value is -1.69. The molecule has 0 aliphatic heterocycles. The van der Waals surface area contributed by atoms with Crippen molar-refractivity contribution < 1.29 is 8.78 Å². The fourth-order valence-corrected chi connectivity index (χ4v) is 1.86. The number of aromatic amines is 1. The fourth-order valence-electron chi connectivity index (χ4n) is 1.36. The smallest absolute Gasteiger partial charge is 0.268 e. The van der Waals surface area contributed by atoms with Crippen LogP contribution in [0.4, 0.5) is 8.78 Å².